The van der Waals surface area contributed by atoms with Crippen molar-refractivity contribution in [2.24, 2.45) is 56.5 Å². The fourth-order valence-corrected chi connectivity index (χ4v) is 11.5. The quantitative estimate of drug-likeness (QED) is 0.584. The summed E-state index contributed by atoms with van der Waals surface area (Å²) in [5.41, 5.74) is 6.87. The van der Waals surface area contributed by atoms with Gasteiger partial charge in [0.15, 0.2) is 0 Å². The van der Waals surface area contributed by atoms with Gasteiger partial charge in [-0.15, -0.1) is 0 Å². The Morgan fingerprint density at radius 3 is 2.32 bits per heavy atom. The van der Waals surface area contributed by atoms with Gasteiger partial charge in [-0.2, -0.15) is 0 Å². The van der Waals surface area contributed by atoms with Gasteiger partial charge in [0.05, 0.1) is 24.4 Å². The first-order valence-electron chi connectivity index (χ1n) is 13.2. The second kappa shape index (κ2) is 6.09. The molecule has 1 saturated heterocycles. The van der Waals surface area contributed by atoms with Crippen LogP contribution in [-0.4, -0.2) is 41.2 Å². The van der Waals surface area contributed by atoms with Crippen molar-refractivity contribution in [2.75, 3.05) is 6.54 Å². The Morgan fingerprint density at radius 2 is 1.61 bits per heavy atom. The summed E-state index contributed by atoms with van der Waals surface area (Å²) < 4.78 is 6.53. The summed E-state index contributed by atoms with van der Waals surface area (Å²) in [6.45, 7) is 12.6. The van der Waals surface area contributed by atoms with Crippen LogP contribution in [0, 0.1) is 50.7 Å². The number of hydrogen-bond donors (Lipinski definition) is 3. The van der Waals surface area contributed by atoms with Crippen LogP contribution in [-0.2, 0) is 4.74 Å². The molecular weight excluding hydrogens is 386 g/mol. The van der Waals surface area contributed by atoms with E-state index in [4.69, 9.17) is 10.5 Å². The molecule has 0 aromatic carbocycles. The van der Waals surface area contributed by atoms with Crippen LogP contribution in [0.1, 0.15) is 86.0 Å². The van der Waals surface area contributed by atoms with Gasteiger partial charge < -0.3 is 20.7 Å². The first-order chi connectivity index (χ1) is 14.5. The highest BCUT2D eigenvalue weighted by molar-refractivity contribution is 5.32. The Balaban J connectivity index is 1.41. The Morgan fingerprint density at radius 1 is 0.935 bits per heavy atom. The second-order valence-electron chi connectivity index (χ2n) is 13.9. The maximum Gasteiger partial charge on any atom is 0.0880 e. The molecule has 5 saturated carbocycles. The van der Waals surface area contributed by atoms with Crippen LogP contribution in [0.5, 0.6) is 0 Å². The molecule has 6 fully saturated rings. The van der Waals surface area contributed by atoms with Crippen LogP contribution < -0.4 is 5.73 Å². The lowest BCUT2D eigenvalue weighted by Crippen LogP contribution is -2.59. The first-order valence-corrected chi connectivity index (χ1v) is 13.2. The minimum absolute atomic E-state index is 0.0165. The predicted octanol–water partition coefficient (Wildman–Crippen LogP) is 4.12. The largest absolute Gasteiger partial charge is 0.393 e. The van der Waals surface area contributed by atoms with Crippen molar-refractivity contribution >= 4 is 0 Å². The number of aliphatic hydroxyl groups excluding tert-OH is 2. The van der Waals surface area contributed by atoms with Gasteiger partial charge in [0, 0.05) is 12.0 Å². The van der Waals surface area contributed by atoms with Gasteiger partial charge in [0.25, 0.3) is 0 Å². The van der Waals surface area contributed by atoms with Crippen molar-refractivity contribution in [2.45, 2.75) is 110 Å². The fraction of sp³-hybridized carbons (Fsp3) is 1.00. The molecule has 6 aliphatic rings. The summed E-state index contributed by atoms with van der Waals surface area (Å²) in [7, 11) is 0. The zero-order valence-electron chi connectivity index (χ0n) is 20.4. The van der Waals surface area contributed by atoms with Crippen molar-refractivity contribution in [3.63, 3.8) is 0 Å². The van der Waals surface area contributed by atoms with E-state index in [9.17, 15) is 10.2 Å². The Kier molecular flexibility index (Phi) is 4.20. The molecule has 2 spiro atoms. The normalized spacial score (nSPS) is 63.9. The third kappa shape index (κ3) is 2.14. The molecule has 12 unspecified atom stereocenters. The maximum atomic E-state index is 12.0. The summed E-state index contributed by atoms with van der Waals surface area (Å²) in [5, 5.41) is 22.8. The third-order valence-corrected chi connectivity index (χ3v) is 13.1. The predicted molar refractivity (Wildman–Crippen MR) is 121 cm³/mol. The van der Waals surface area contributed by atoms with Gasteiger partial charge in [-0.3, -0.25) is 0 Å². The number of rotatable bonds is 1. The van der Waals surface area contributed by atoms with E-state index in [1.807, 2.05) is 0 Å². The summed E-state index contributed by atoms with van der Waals surface area (Å²) in [5.74, 6) is 2.19. The highest BCUT2D eigenvalue weighted by atomic mass is 16.5. The van der Waals surface area contributed by atoms with Gasteiger partial charge in [-0.1, -0.05) is 34.6 Å². The van der Waals surface area contributed by atoms with E-state index in [0.717, 1.165) is 12.8 Å². The molecule has 1 aliphatic heterocycles. The van der Waals surface area contributed by atoms with Crippen LogP contribution in [0.4, 0.5) is 0 Å². The number of hydrogen-bond acceptors (Lipinski definition) is 4. The third-order valence-electron chi connectivity index (χ3n) is 13.1. The standard InChI is InChI=1S/C27H45NO3/c1-15-12-16(13-28)31-21-20(15)24(4)10-11-27-14-26(27)9-8-19(29)23(2,3)17(26)6-7-18(27)25(24,5)22(21)30/h15-22,29-30H,6-14,28H2,1-5H3. The SMILES string of the molecule is CC1CC(CN)OC2C1C1(C)CCC34CC35CCC(O)C(C)(C)C5CCC4C1(C)C2O. The average molecular weight is 432 g/mol. The van der Waals surface area contributed by atoms with Gasteiger partial charge in [0.1, 0.15) is 0 Å². The average Bonchev–Trinajstić information content (AvgIpc) is 3.36. The zero-order chi connectivity index (χ0) is 22.2. The second-order valence-corrected chi connectivity index (χ2v) is 13.9. The fourth-order valence-electron chi connectivity index (χ4n) is 11.5. The minimum atomic E-state index is -0.391. The molecule has 0 aromatic heterocycles. The molecule has 12 atom stereocenters. The van der Waals surface area contributed by atoms with Crippen LogP contribution in [0.3, 0.4) is 0 Å². The van der Waals surface area contributed by atoms with E-state index in [-0.39, 0.29) is 34.6 Å². The molecule has 4 heteroatoms. The molecule has 4 N–H and O–H groups in total. The van der Waals surface area contributed by atoms with Crippen LogP contribution in [0.15, 0.2) is 0 Å². The minimum Gasteiger partial charge on any atom is -0.393 e. The first kappa shape index (κ1) is 21.4. The Bertz CT molecular complexity index is 784. The van der Waals surface area contributed by atoms with Crippen molar-refractivity contribution < 1.29 is 14.9 Å². The van der Waals surface area contributed by atoms with Crippen molar-refractivity contribution in [1.29, 1.82) is 0 Å². The van der Waals surface area contributed by atoms with Crippen LogP contribution in [0.2, 0.25) is 0 Å². The van der Waals surface area contributed by atoms with Crippen molar-refractivity contribution in [3.8, 4) is 0 Å². The number of fused-ring (bicyclic) bond motifs is 4. The lowest BCUT2D eigenvalue weighted by Gasteiger charge is -2.63. The maximum absolute atomic E-state index is 12.0. The van der Waals surface area contributed by atoms with E-state index in [2.05, 4.69) is 34.6 Å². The monoisotopic (exact) mass is 431 g/mol. The summed E-state index contributed by atoms with van der Waals surface area (Å²) in [6, 6.07) is 0. The summed E-state index contributed by atoms with van der Waals surface area (Å²) in [6.07, 6.45) is 8.95. The highest BCUT2D eigenvalue weighted by Gasteiger charge is 2.84. The summed E-state index contributed by atoms with van der Waals surface area (Å²) >= 11 is 0. The van der Waals surface area contributed by atoms with E-state index < -0.39 is 6.10 Å². The van der Waals surface area contributed by atoms with E-state index in [0.29, 0.717) is 41.0 Å². The molecule has 31 heavy (non-hydrogen) atoms. The molecule has 6 rings (SSSR count). The van der Waals surface area contributed by atoms with E-state index >= 15 is 0 Å². The van der Waals surface area contributed by atoms with E-state index in [1.54, 1.807) is 0 Å². The molecule has 1 heterocycles. The van der Waals surface area contributed by atoms with Gasteiger partial charge >= 0.3 is 0 Å². The van der Waals surface area contributed by atoms with Crippen LogP contribution in [0.25, 0.3) is 0 Å². The Labute approximate surface area is 188 Å². The molecule has 176 valence electrons. The number of ether oxygens (including phenoxy) is 1. The highest BCUT2D eigenvalue weighted by Crippen LogP contribution is 2.89. The number of nitrogens with two attached hydrogens (primary N) is 1. The lowest BCUT2D eigenvalue weighted by atomic mass is 9.41. The molecular formula is C27H45NO3. The smallest absolute Gasteiger partial charge is 0.0880 e. The lowest BCUT2D eigenvalue weighted by molar-refractivity contribution is -0.182. The summed E-state index contributed by atoms with van der Waals surface area (Å²) in [4.78, 5) is 0. The molecule has 0 radical (unpaired) electrons. The number of aliphatic hydroxyl groups is 2. The van der Waals surface area contributed by atoms with Crippen molar-refractivity contribution in [1.82, 2.24) is 0 Å². The van der Waals surface area contributed by atoms with Crippen LogP contribution >= 0.6 is 0 Å². The molecule has 0 bridgehead atoms. The molecule has 4 nitrogen and oxygen atoms in total. The molecule has 5 aliphatic carbocycles. The molecule has 0 aromatic rings. The molecule has 0 amide bonds. The van der Waals surface area contributed by atoms with Crippen molar-refractivity contribution in [3.05, 3.63) is 0 Å². The topological polar surface area (TPSA) is 75.7 Å². The zero-order valence-corrected chi connectivity index (χ0v) is 20.4. The van der Waals surface area contributed by atoms with Gasteiger partial charge in [-0.25, -0.2) is 0 Å². The van der Waals surface area contributed by atoms with E-state index in [1.165, 1.54) is 38.5 Å². The Hall–Kier alpha value is -0.160. The van der Waals surface area contributed by atoms with Gasteiger partial charge in [-0.05, 0) is 96.7 Å². The van der Waals surface area contributed by atoms with Gasteiger partial charge in [0.2, 0.25) is 0 Å².